The summed E-state index contributed by atoms with van der Waals surface area (Å²) >= 11 is 0. The zero-order valence-corrected chi connectivity index (χ0v) is 14.3. The van der Waals surface area contributed by atoms with Crippen LogP contribution >= 0.6 is 0 Å². The van der Waals surface area contributed by atoms with E-state index in [0.717, 1.165) is 5.75 Å². The SMILES string of the molecule is COc1ccc(OCC(=O)N2CCC(Oc3nccnc3C#N)C2)cc1. The number of ether oxygens (including phenoxy) is 3. The summed E-state index contributed by atoms with van der Waals surface area (Å²) in [5.74, 6) is 1.41. The molecule has 8 nitrogen and oxygen atoms in total. The lowest BCUT2D eigenvalue weighted by Crippen LogP contribution is -2.34. The Morgan fingerprint density at radius 1 is 1.27 bits per heavy atom. The number of methoxy groups -OCH3 is 1. The molecule has 0 saturated carbocycles. The third-order valence-corrected chi connectivity index (χ3v) is 3.97. The highest BCUT2D eigenvalue weighted by Crippen LogP contribution is 2.20. The molecule has 1 unspecified atom stereocenters. The van der Waals surface area contributed by atoms with E-state index in [4.69, 9.17) is 19.5 Å². The van der Waals surface area contributed by atoms with Crippen LogP contribution in [-0.2, 0) is 4.79 Å². The molecule has 3 rings (SSSR count). The van der Waals surface area contributed by atoms with Gasteiger partial charge >= 0.3 is 0 Å². The molecule has 1 aliphatic rings. The molecule has 0 N–H and O–H groups in total. The van der Waals surface area contributed by atoms with E-state index >= 15 is 0 Å². The largest absolute Gasteiger partial charge is 0.497 e. The monoisotopic (exact) mass is 354 g/mol. The third-order valence-electron chi connectivity index (χ3n) is 3.97. The highest BCUT2D eigenvalue weighted by Gasteiger charge is 2.28. The third kappa shape index (κ3) is 4.19. The summed E-state index contributed by atoms with van der Waals surface area (Å²) in [5, 5.41) is 9.02. The van der Waals surface area contributed by atoms with Crippen molar-refractivity contribution in [2.45, 2.75) is 12.5 Å². The molecule has 2 heterocycles. The first-order valence-electron chi connectivity index (χ1n) is 8.12. The number of likely N-dealkylation sites (tertiary alicyclic amines) is 1. The number of carbonyl (C=O) groups is 1. The van der Waals surface area contributed by atoms with Crippen LogP contribution in [-0.4, -0.2) is 53.7 Å². The maximum absolute atomic E-state index is 12.3. The van der Waals surface area contributed by atoms with Gasteiger partial charge in [0.2, 0.25) is 5.69 Å². The van der Waals surface area contributed by atoms with E-state index in [1.54, 1.807) is 36.3 Å². The van der Waals surface area contributed by atoms with Gasteiger partial charge in [-0.2, -0.15) is 5.26 Å². The fraction of sp³-hybridized carbons (Fsp3) is 0.333. The Bertz CT molecular complexity index is 804. The van der Waals surface area contributed by atoms with Gasteiger partial charge in [0, 0.05) is 25.4 Å². The maximum atomic E-state index is 12.3. The highest BCUT2D eigenvalue weighted by molar-refractivity contribution is 5.78. The van der Waals surface area contributed by atoms with Crippen LogP contribution in [0.4, 0.5) is 0 Å². The van der Waals surface area contributed by atoms with E-state index in [1.807, 2.05) is 6.07 Å². The van der Waals surface area contributed by atoms with Gasteiger partial charge in [0.05, 0.1) is 13.7 Å². The zero-order valence-electron chi connectivity index (χ0n) is 14.3. The number of carbonyl (C=O) groups excluding carboxylic acids is 1. The number of hydrogen-bond donors (Lipinski definition) is 0. The summed E-state index contributed by atoms with van der Waals surface area (Å²) in [6.07, 6.45) is 3.35. The first kappa shape index (κ1) is 17.5. The number of benzene rings is 1. The molecule has 1 aliphatic heterocycles. The standard InChI is InChI=1S/C18H18N4O4/c1-24-13-2-4-14(5-3-13)25-12-17(23)22-9-6-15(11-22)26-18-16(10-19)20-7-8-21-18/h2-5,7-8,15H,6,9,11-12H2,1H3. The lowest BCUT2D eigenvalue weighted by Gasteiger charge is -2.17. The number of hydrogen-bond acceptors (Lipinski definition) is 7. The van der Waals surface area contributed by atoms with Gasteiger partial charge in [-0.3, -0.25) is 4.79 Å². The molecule has 0 bridgehead atoms. The molecule has 0 spiro atoms. The van der Waals surface area contributed by atoms with Crippen LogP contribution in [0.25, 0.3) is 0 Å². The second-order valence-electron chi connectivity index (χ2n) is 5.65. The van der Waals surface area contributed by atoms with Gasteiger partial charge in [-0.1, -0.05) is 0 Å². The minimum atomic E-state index is -0.219. The van der Waals surface area contributed by atoms with Crippen LogP contribution in [0.15, 0.2) is 36.7 Å². The second-order valence-corrected chi connectivity index (χ2v) is 5.65. The van der Waals surface area contributed by atoms with Crippen molar-refractivity contribution in [3.63, 3.8) is 0 Å². The van der Waals surface area contributed by atoms with Gasteiger partial charge in [0.15, 0.2) is 6.61 Å². The molecule has 0 radical (unpaired) electrons. The molecule has 1 fully saturated rings. The van der Waals surface area contributed by atoms with E-state index in [9.17, 15) is 4.79 Å². The topological polar surface area (TPSA) is 97.6 Å². The van der Waals surface area contributed by atoms with E-state index in [1.165, 1.54) is 12.4 Å². The molecule has 1 amide bonds. The summed E-state index contributed by atoms with van der Waals surface area (Å²) < 4.78 is 16.3. The average Bonchev–Trinajstić information content (AvgIpc) is 3.15. The molecule has 1 aromatic heterocycles. The number of aromatic nitrogens is 2. The van der Waals surface area contributed by atoms with E-state index in [-0.39, 0.29) is 30.2 Å². The van der Waals surface area contributed by atoms with Crippen molar-refractivity contribution in [2.24, 2.45) is 0 Å². The average molecular weight is 354 g/mol. The Morgan fingerprint density at radius 2 is 2.00 bits per heavy atom. The predicted molar refractivity (Wildman–Crippen MR) is 90.8 cm³/mol. The molecule has 134 valence electrons. The molecule has 2 aromatic rings. The lowest BCUT2D eigenvalue weighted by atomic mass is 10.3. The summed E-state index contributed by atoms with van der Waals surface area (Å²) in [5.41, 5.74) is 0.139. The fourth-order valence-electron chi connectivity index (χ4n) is 2.61. The van der Waals surface area contributed by atoms with Crippen molar-refractivity contribution in [2.75, 3.05) is 26.8 Å². The number of rotatable bonds is 6. The molecule has 26 heavy (non-hydrogen) atoms. The Morgan fingerprint density at radius 3 is 2.73 bits per heavy atom. The van der Waals surface area contributed by atoms with Crippen LogP contribution in [0.2, 0.25) is 0 Å². The number of nitriles is 1. The van der Waals surface area contributed by atoms with Gasteiger partial charge in [-0.25, -0.2) is 9.97 Å². The van der Waals surface area contributed by atoms with Crippen molar-refractivity contribution in [1.82, 2.24) is 14.9 Å². The Hall–Kier alpha value is -3.34. The minimum Gasteiger partial charge on any atom is -0.497 e. The van der Waals surface area contributed by atoms with Crippen LogP contribution in [0, 0.1) is 11.3 Å². The van der Waals surface area contributed by atoms with E-state index in [2.05, 4.69) is 9.97 Å². The Labute approximate surface area is 150 Å². The smallest absolute Gasteiger partial charge is 0.260 e. The maximum Gasteiger partial charge on any atom is 0.260 e. The quantitative estimate of drug-likeness (QED) is 0.773. The summed E-state index contributed by atoms with van der Waals surface area (Å²) in [4.78, 5) is 21.9. The molecule has 0 aliphatic carbocycles. The van der Waals surface area contributed by atoms with Crippen molar-refractivity contribution in [3.05, 3.63) is 42.4 Å². The first-order chi connectivity index (χ1) is 12.7. The van der Waals surface area contributed by atoms with Gasteiger partial charge < -0.3 is 19.1 Å². The van der Waals surface area contributed by atoms with Gasteiger partial charge in [0.25, 0.3) is 11.8 Å². The van der Waals surface area contributed by atoms with Crippen LogP contribution in [0.1, 0.15) is 12.1 Å². The van der Waals surface area contributed by atoms with Crippen molar-refractivity contribution < 1.29 is 19.0 Å². The number of amides is 1. The van der Waals surface area contributed by atoms with Gasteiger partial charge in [-0.15, -0.1) is 0 Å². The highest BCUT2D eigenvalue weighted by atomic mass is 16.5. The van der Waals surface area contributed by atoms with Crippen molar-refractivity contribution in [3.8, 4) is 23.4 Å². The lowest BCUT2D eigenvalue weighted by molar-refractivity contribution is -0.132. The van der Waals surface area contributed by atoms with Crippen molar-refractivity contribution >= 4 is 5.91 Å². The first-order valence-corrected chi connectivity index (χ1v) is 8.12. The normalized spacial score (nSPS) is 16.0. The Balaban J connectivity index is 1.50. The molecule has 1 aromatic carbocycles. The predicted octanol–water partition coefficient (Wildman–Crippen LogP) is 1.42. The molecule has 1 saturated heterocycles. The zero-order chi connectivity index (χ0) is 18.4. The van der Waals surface area contributed by atoms with Gasteiger partial charge in [0.1, 0.15) is 23.7 Å². The number of nitrogens with zero attached hydrogens (tertiary/aromatic N) is 4. The fourth-order valence-corrected chi connectivity index (χ4v) is 2.61. The van der Waals surface area contributed by atoms with E-state index in [0.29, 0.717) is 25.3 Å². The summed E-state index contributed by atoms with van der Waals surface area (Å²) in [6.45, 7) is 0.942. The summed E-state index contributed by atoms with van der Waals surface area (Å²) in [7, 11) is 1.59. The van der Waals surface area contributed by atoms with Crippen LogP contribution in [0.5, 0.6) is 17.4 Å². The van der Waals surface area contributed by atoms with Crippen molar-refractivity contribution in [1.29, 1.82) is 5.26 Å². The molecule has 1 atom stereocenters. The van der Waals surface area contributed by atoms with E-state index < -0.39 is 0 Å². The Kier molecular flexibility index (Phi) is 5.49. The van der Waals surface area contributed by atoms with Crippen LogP contribution < -0.4 is 14.2 Å². The van der Waals surface area contributed by atoms with Crippen LogP contribution in [0.3, 0.4) is 0 Å². The molecular weight excluding hydrogens is 336 g/mol. The van der Waals surface area contributed by atoms with Gasteiger partial charge in [-0.05, 0) is 24.3 Å². The summed E-state index contributed by atoms with van der Waals surface area (Å²) in [6, 6.07) is 8.98. The molecule has 8 heteroatoms. The second kappa shape index (κ2) is 8.16. The molecular formula is C18H18N4O4. The minimum absolute atomic E-state index is 0.0480.